The van der Waals surface area contributed by atoms with Crippen molar-refractivity contribution in [1.82, 2.24) is 0 Å². The topological polar surface area (TPSA) is 46.2 Å². The van der Waals surface area contributed by atoms with Crippen molar-refractivity contribution >= 4 is 5.69 Å². The summed E-state index contributed by atoms with van der Waals surface area (Å²) in [5.74, 6) is 0.503. The number of nitrogen functional groups attached to an aromatic ring is 1. The number of rotatable bonds is 3. The third kappa shape index (κ3) is 2.71. The molecule has 0 heterocycles. The summed E-state index contributed by atoms with van der Waals surface area (Å²) in [7, 11) is 0. The molecule has 0 amide bonds. The van der Waals surface area contributed by atoms with Crippen LogP contribution < -0.4 is 5.73 Å². The van der Waals surface area contributed by atoms with Gasteiger partial charge in [0.15, 0.2) is 0 Å². The Kier molecular flexibility index (Phi) is 3.68. The molecule has 0 fully saturated rings. The number of aliphatic hydroxyl groups excluding tert-OH is 1. The fraction of sp³-hybridized carbons (Fsp3) is 0.250. The van der Waals surface area contributed by atoms with E-state index in [-0.39, 0.29) is 0 Å². The summed E-state index contributed by atoms with van der Waals surface area (Å²) < 4.78 is 0. The maximum Gasteiger partial charge on any atom is 0.104 e. The van der Waals surface area contributed by atoms with Crippen LogP contribution in [0.1, 0.15) is 42.6 Å². The van der Waals surface area contributed by atoms with Crippen LogP contribution in [0.5, 0.6) is 0 Å². The Labute approximate surface area is 108 Å². The van der Waals surface area contributed by atoms with Gasteiger partial charge < -0.3 is 10.8 Å². The van der Waals surface area contributed by atoms with Gasteiger partial charge in [-0.3, -0.25) is 0 Å². The summed E-state index contributed by atoms with van der Waals surface area (Å²) in [5.41, 5.74) is 9.39. The Hall–Kier alpha value is -1.80. The van der Waals surface area contributed by atoms with Crippen molar-refractivity contribution in [3.63, 3.8) is 0 Å². The minimum absolute atomic E-state index is 0.503. The highest BCUT2D eigenvalue weighted by Gasteiger charge is 2.10. The van der Waals surface area contributed by atoms with E-state index in [0.29, 0.717) is 11.6 Å². The van der Waals surface area contributed by atoms with Crippen molar-refractivity contribution in [3.05, 3.63) is 65.2 Å². The van der Waals surface area contributed by atoms with Gasteiger partial charge in [-0.25, -0.2) is 0 Å². The molecule has 2 aromatic carbocycles. The zero-order valence-electron chi connectivity index (χ0n) is 10.8. The lowest BCUT2D eigenvalue weighted by Crippen LogP contribution is -2.01. The number of hydrogen-bond acceptors (Lipinski definition) is 2. The van der Waals surface area contributed by atoms with E-state index in [1.54, 1.807) is 6.07 Å². The van der Waals surface area contributed by atoms with Crippen LogP contribution in [0, 0.1) is 0 Å². The highest BCUT2D eigenvalue weighted by Crippen LogP contribution is 2.25. The van der Waals surface area contributed by atoms with Crippen LogP contribution in [-0.4, -0.2) is 5.11 Å². The average molecular weight is 241 g/mol. The molecule has 0 aromatic heterocycles. The first-order valence-electron chi connectivity index (χ1n) is 6.21. The van der Waals surface area contributed by atoms with Crippen LogP contribution in [-0.2, 0) is 0 Å². The number of benzene rings is 2. The minimum atomic E-state index is -0.616. The lowest BCUT2D eigenvalue weighted by Gasteiger charge is -2.13. The van der Waals surface area contributed by atoms with Gasteiger partial charge >= 0.3 is 0 Å². The molecule has 0 saturated carbocycles. The molecule has 0 aliphatic rings. The first-order chi connectivity index (χ1) is 8.58. The monoisotopic (exact) mass is 241 g/mol. The maximum atomic E-state index is 10.3. The summed E-state index contributed by atoms with van der Waals surface area (Å²) in [4.78, 5) is 0. The second-order valence-corrected chi connectivity index (χ2v) is 4.89. The number of anilines is 1. The van der Waals surface area contributed by atoms with Crippen molar-refractivity contribution < 1.29 is 5.11 Å². The van der Waals surface area contributed by atoms with Gasteiger partial charge in [0.05, 0.1) is 0 Å². The molecule has 2 nitrogen and oxygen atoms in total. The molecule has 0 saturated heterocycles. The molecule has 1 atom stereocenters. The molecule has 2 heteroatoms. The lowest BCUT2D eigenvalue weighted by atomic mass is 9.97. The lowest BCUT2D eigenvalue weighted by molar-refractivity contribution is 0.220. The molecule has 94 valence electrons. The van der Waals surface area contributed by atoms with Gasteiger partial charge in [0.2, 0.25) is 0 Å². The Morgan fingerprint density at radius 2 is 1.50 bits per heavy atom. The van der Waals surface area contributed by atoms with E-state index >= 15 is 0 Å². The Balaban J connectivity index is 2.26. The van der Waals surface area contributed by atoms with Crippen molar-refractivity contribution in [2.24, 2.45) is 0 Å². The highest BCUT2D eigenvalue weighted by molar-refractivity contribution is 5.43. The van der Waals surface area contributed by atoms with E-state index in [4.69, 9.17) is 5.73 Å². The van der Waals surface area contributed by atoms with Crippen LogP contribution in [0.25, 0.3) is 0 Å². The van der Waals surface area contributed by atoms with E-state index in [2.05, 4.69) is 26.0 Å². The summed E-state index contributed by atoms with van der Waals surface area (Å²) in [5, 5.41) is 10.3. The van der Waals surface area contributed by atoms with Crippen molar-refractivity contribution in [2.45, 2.75) is 25.9 Å². The third-order valence-electron chi connectivity index (χ3n) is 3.15. The molecular weight excluding hydrogens is 222 g/mol. The summed E-state index contributed by atoms with van der Waals surface area (Å²) in [6, 6.07) is 15.4. The predicted molar refractivity (Wildman–Crippen MR) is 75.4 cm³/mol. The van der Waals surface area contributed by atoms with E-state index < -0.39 is 6.10 Å². The molecule has 18 heavy (non-hydrogen) atoms. The third-order valence-corrected chi connectivity index (χ3v) is 3.15. The van der Waals surface area contributed by atoms with Gasteiger partial charge in [0, 0.05) is 5.69 Å². The largest absolute Gasteiger partial charge is 0.399 e. The van der Waals surface area contributed by atoms with Gasteiger partial charge in [0.25, 0.3) is 0 Å². The van der Waals surface area contributed by atoms with Gasteiger partial charge in [0.1, 0.15) is 6.10 Å². The van der Waals surface area contributed by atoms with Gasteiger partial charge in [-0.15, -0.1) is 0 Å². The molecule has 3 N–H and O–H groups in total. The Morgan fingerprint density at radius 3 is 2.06 bits per heavy atom. The quantitative estimate of drug-likeness (QED) is 0.808. The van der Waals surface area contributed by atoms with Crippen molar-refractivity contribution in [2.75, 3.05) is 5.73 Å². The number of aliphatic hydroxyl groups is 1. The number of hydrogen-bond donors (Lipinski definition) is 2. The van der Waals surface area contributed by atoms with Crippen LogP contribution in [0.2, 0.25) is 0 Å². The molecule has 2 aromatic rings. The Bertz CT molecular complexity index is 517. The molecule has 0 radical (unpaired) electrons. The fourth-order valence-corrected chi connectivity index (χ4v) is 1.98. The Morgan fingerprint density at radius 1 is 0.889 bits per heavy atom. The second kappa shape index (κ2) is 5.23. The summed E-state index contributed by atoms with van der Waals surface area (Å²) in [6.45, 7) is 4.31. The van der Waals surface area contributed by atoms with Crippen LogP contribution in [0.15, 0.2) is 48.5 Å². The molecule has 2 rings (SSSR count). The normalized spacial score (nSPS) is 12.7. The van der Waals surface area contributed by atoms with Crippen LogP contribution >= 0.6 is 0 Å². The predicted octanol–water partition coefficient (Wildman–Crippen LogP) is 3.47. The SMILES string of the molecule is CC(C)c1ccc(C(O)c2cccc(N)c2)cc1. The van der Waals surface area contributed by atoms with Gasteiger partial charge in [-0.2, -0.15) is 0 Å². The van der Waals surface area contributed by atoms with Gasteiger partial charge in [-0.1, -0.05) is 50.2 Å². The van der Waals surface area contributed by atoms with Crippen LogP contribution in [0.3, 0.4) is 0 Å². The average Bonchev–Trinajstić information content (AvgIpc) is 2.38. The van der Waals surface area contributed by atoms with Crippen LogP contribution in [0.4, 0.5) is 5.69 Å². The van der Waals surface area contributed by atoms with E-state index in [1.807, 2.05) is 30.3 Å². The first-order valence-corrected chi connectivity index (χ1v) is 6.21. The minimum Gasteiger partial charge on any atom is -0.399 e. The first kappa shape index (κ1) is 12.7. The highest BCUT2D eigenvalue weighted by atomic mass is 16.3. The summed E-state index contributed by atoms with van der Waals surface area (Å²) >= 11 is 0. The standard InChI is InChI=1S/C16H19NO/c1-11(2)12-6-8-13(9-7-12)16(18)14-4-3-5-15(17)10-14/h3-11,16,18H,17H2,1-2H3. The molecular formula is C16H19NO. The number of nitrogens with two attached hydrogens (primary N) is 1. The van der Waals surface area contributed by atoms with E-state index in [0.717, 1.165) is 11.1 Å². The molecule has 0 aliphatic heterocycles. The van der Waals surface area contributed by atoms with Crippen molar-refractivity contribution in [3.8, 4) is 0 Å². The van der Waals surface area contributed by atoms with E-state index in [1.165, 1.54) is 5.56 Å². The van der Waals surface area contributed by atoms with Gasteiger partial charge in [-0.05, 0) is 34.7 Å². The molecule has 0 bridgehead atoms. The molecule has 0 aliphatic carbocycles. The maximum absolute atomic E-state index is 10.3. The zero-order chi connectivity index (χ0) is 13.1. The summed E-state index contributed by atoms with van der Waals surface area (Å²) in [6.07, 6.45) is -0.616. The smallest absolute Gasteiger partial charge is 0.104 e. The molecule has 0 spiro atoms. The zero-order valence-corrected chi connectivity index (χ0v) is 10.8. The van der Waals surface area contributed by atoms with Crippen molar-refractivity contribution in [1.29, 1.82) is 0 Å². The van der Waals surface area contributed by atoms with E-state index in [9.17, 15) is 5.11 Å². The second-order valence-electron chi connectivity index (χ2n) is 4.89. The fourth-order valence-electron chi connectivity index (χ4n) is 1.98. The molecule has 1 unspecified atom stereocenters.